The first-order valence-corrected chi connectivity index (χ1v) is 14.2. The van der Waals surface area contributed by atoms with Crippen molar-refractivity contribution in [3.8, 4) is 0 Å². The summed E-state index contributed by atoms with van der Waals surface area (Å²) in [6, 6.07) is 7.29. The molecule has 1 rings (SSSR count). The Hall–Kier alpha value is -3.94. The van der Waals surface area contributed by atoms with Crippen LogP contribution < -0.4 is 16.0 Å². The maximum atomic E-state index is 13.9. The number of aliphatic carboxylic acids is 2. The molecule has 45 heavy (non-hydrogen) atoms. The summed E-state index contributed by atoms with van der Waals surface area (Å²) in [5.74, 6) is -4.88. The van der Waals surface area contributed by atoms with Crippen LogP contribution in [0.2, 0.25) is 0 Å². The topological polar surface area (TPSA) is 165 Å². The smallest absolute Gasteiger partial charge is 0.478 e. The molecule has 3 amide bonds. The number of nitrogens with one attached hydrogen (secondary N) is 3. The average Bonchev–Trinajstić information content (AvgIpc) is 2.92. The van der Waals surface area contributed by atoms with Gasteiger partial charge in [-0.15, -0.1) is 0 Å². The second kappa shape index (κ2) is 16.9. The fraction of sp³-hybridized carbons (Fsp3) is 0.581. The van der Waals surface area contributed by atoms with Gasteiger partial charge in [-0.05, 0) is 23.8 Å². The molecule has 1 aromatic carbocycles. The standard InChI is InChI=1S/C29H46N4O5.C2HF3O2/c1-18(2)21(16-19(3)27(37)38)33(10)26(36)24(28(4,5)6)32-25(35)23(31-17-22(34)30-9)29(7,8)20-14-12-11-13-15-20;3-2(4,5)1(6)7/h11-16,18,21,23-24,31H,17H2,1-10H3,(H,30,34)(H,32,35)(H,37,38);(H,6,7)/b19-16+;/t21-,23-,24-;/m1./s1. The molecule has 5 N–H and O–H groups in total. The predicted octanol–water partition coefficient (Wildman–Crippen LogP) is 3.35. The summed E-state index contributed by atoms with van der Waals surface area (Å²) >= 11 is 0. The van der Waals surface area contributed by atoms with Gasteiger partial charge in [0.2, 0.25) is 17.7 Å². The summed E-state index contributed by atoms with van der Waals surface area (Å²) in [4.78, 5) is 61.6. The van der Waals surface area contributed by atoms with Crippen LogP contribution in [0.1, 0.15) is 61.0 Å². The van der Waals surface area contributed by atoms with Gasteiger partial charge in [0, 0.05) is 25.1 Å². The van der Waals surface area contributed by atoms with Gasteiger partial charge < -0.3 is 25.7 Å². The Morgan fingerprint density at radius 1 is 0.933 bits per heavy atom. The number of carboxylic acid groups (broad SMARTS) is 2. The highest BCUT2D eigenvalue weighted by atomic mass is 19.4. The van der Waals surface area contributed by atoms with E-state index in [1.165, 1.54) is 18.9 Å². The van der Waals surface area contributed by atoms with Crippen molar-refractivity contribution in [1.29, 1.82) is 0 Å². The molecule has 0 saturated heterocycles. The van der Waals surface area contributed by atoms with Crippen molar-refractivity contribution in [3.05, 3.63) is 47.5 Å². The first-order valence-electron chi connectivity index (χ1n) is 14.2. The lowest BCUT2D eigenvalue weighted by molar-refractivity contribution is -0.192. The third-order valence-corrected chi connectivity index (χ3v) is 7.13. The number of amides is 3. The lowest BCUT2D eigenvalue weighted by Gasteiger charge is -2.40. The third kappa shape index (κ3) is 12.9. The number of carboxylic acids is 2. The van der Waals surface area contributed by atoms with E-state index in [9.17, 15) is 37.5 Å². The average molecular weight is 645 g/mol. The maximum absolute atomic E-state index is 13.9. The van der Waals surface area contributed by atoms with Gasteiger partial charge in [0.15, 0.2) is 0 Å². The summed E-state index contributed by atoms with van der Waals surface area (Å²) in [6.45, 7) is 14.7. The van der Waals surface area contributed by atoms with Crippen molar-refractivity contribution < 1.29 is 47.4 Å². The molecular formula is C31H47F3N4O7. The van der Waals surface area contributed by atoms with Crippen molar-refractivity contribution in [3.63, 3.8) is 0 Å². The third-order valence-electron chi connectivity index (χ3n) is 7.13. The minimum absolute atomic E-state index is 0.0615. The normalized spacial score (nSPS) is 14.3. The number of carbonyl (C=O) groups excluding carboxylic acids is 3. The zero-order chi connectivity index (χ0) is 35.5. The second-order valence-corrected chi connectivity index (χ2v) is 12.5. The molecule has 1 aromatic rings. The highest BCUT2D eigenvalue weighted by Gasteiger charge is 2.42. The first-order chi connectivity index (χ1) is 20.4. The van der Waals surface area contributed by atoms with Crippen LogP contribution in [0, 0.1) is 11.3 Å². The summed E-state index contributed by atoms with van der Waals surface area (Å²) in [5, 5.41) is 25.1. The molecule has 0 aliphatic heterocycles. The number of hydrogen-bond donors (Lipinski definition) is 5. The lowest BCUT2D eigenvalue weighted by Crippen LogP contribution is -2.62. The zero-order valence-corrected chi connectivity index (χ0v) is 27.5. The Morgan fingerprint density at radius 2 is 1.42 bits per heavy atom. The number of hydrogen-bond acceptors (Lipinski definition) is 6. The van der Waals surface area contributed by atoms with E-state index in [2.05, 4.69) is 16.0 Å². The Balaban J connectivity index is 0.00000246. The number of halogens is 3. The molecule has 14 heteroatoms. The largest absolute Gasteiger partial charge is 0.490 e. The fourth-order valence-corrected chi connectivity index (χ4v) is 4.30. The molecule has 0 spiro atoms. The van der Waals surface area contributed by atoms with E-state index in [4.69, 9.17) is 9.90 Å². The molecule has 11 nitrogen and oxygen atoms in total. The highest BCUT2D eigenvalue weighted by molar-refractivity contribution is 5.92. The quantitative estimate of drug-likeness (QED) is 0.216. The number of alkyl halides is 3. The van der Waals surface area contributed by atoms with Gasteiger partial charge in [-0.1, -0.05) is 84.9 Å². The predicted molar refractivity (Wildman–Crippen MR) is 163 cm³/mol. The van der Waals surface area contributed by atoms with E-state index >= 15 is 0 Å². The second-order valence-electron chi connectivity index (χ2n) is 12.5. The van der Waals surface area contributed by atoms with Gasteiger partial charge in [0.05, 0.1) is 18.6 Å². The summed E-state index contributed by atoms with van der Waals surface area (Å²) < 4.78 is 31.7. The molecule has 0 aromatic heterocycles. The van der Waals surface area contributed by atoms with Crippen LogP contribution in [0.4, 0.5) is 13.2 Å². The van der Waals surface area contributed by atoms with Crippen LogP contribution in [0.5, 0.6) is 0 Å². The maximum Gasteiger partial charge on any atom is 0.490 e. The number of carbonyl (C=O) groups is 5. The Morgan fingerprint density at radius 3 is 1.80 bits per heavy atom. The molecule has 0 radical (unpaired) electrons. The molecule has 3 atom stereocenters. The number of benzene rings is 1. The van der Waals surface area contributed by atoms with Crippen LogP contribution in [-0.2, 0) is 29.4 Å². The van der Waals surface area contributed by atoms with Gasteiger partial charge >= 0.3 is 18.1 Å². The van der Waals surface area contributed by atoms with Crippen molar-refractivity contribution >= 4 is 29.7 Å². The van der Waals surface area contributed by atoms with E-state index in [-0.39, 0.29) is 29.9 Å². The van der Waals surface area contributed by atoms with Crippen LogP contribution >= 0.6 is 0 Å². The first kappa shape index (κ1) is 41.1. The van der Waals surface area contributed by atoms with Crippen molar-refractivity contribution in [2.24, 2.45) is 11.3 Å². The van der Waals surface area contributed by atoms with Crippen molar-refractivity contribution in [2.75, 3.05) is 20.6 Å². The number of likely N-dealkylation sites (N-methyl/N-ethyl adjacent to an activating group) is 2. The SMILES string of the molecule is CNC(=O)CN[C@H](C(=O)N[C@H](C(=O)N(C)[C@H](/C=C(\C)C(=O)O)C(C)C)C(C)(C)C)C(C)(C)c1ccccc1.O=C(O)C(F)(F)F. The molecule has 0 saturated carbocycles. The minimum atomic E-state index is -5.08. The van der Waals surface area contributed by atoms with Crippen LogP contribution in [0.3, 0.4) is 0 Å². The molecule has 0 aliphatic rings. The van der Waals surface area contributed by atoms with E-state index in [1.54, 1.807) is 13.1 Å². The van der Waals surface area contributed by atoms with Gasteiger partial charge in [-0.25, -0.2) is 9.59 Å². The summed E-state index contributed by atoms with van der Waals surface area (Å²) in [5.41, 5.74) is -0.341. The number of rotatable bonds is 12. The summed E-state index contributed by atoms with van der Waals surface area (Å²) in [7, 11) is 3.15. The van der Waals surface area contributed by atoms with E-state index < -0.39 is 53.0 Å². The fourth-order valence-electron chi connectivity index (χ4n) is 4.30. The number of nitrogens with zero attached hydrogens (tertiary/aromatic N) is 1. The van der Waals surface area contributed by atoms with Gasteiger partial charge in [-0.2, -0.15) is 13.2 Å². The van der Waals surface area contributed by atoms with Gasteiger partial charge in [0.1, 0.15) is 6.04 Å². The molecule has 0 heterocycles. The van der Waals surface area contributed by atoms with Crippen LogP contribution in [0.25, 0.3) is 0 Å². The lowest BCUT2D eigenvalue weighted by atomic mass is 9.76. The molecule has 254 valence electrons. The molecule has 0 bridgehead atoms. The molecule has 0 aliphatic carbocycles. The van der Waals surface area contributed by atoms with Crippen molar-refractivity contribution in [1.82, 2.24) is 20.9 Å². The minimum Gasteiger partial charge on any atom is -0.478 e. The summed E-state index contributed by atoms with van der Waals surface area (Å²) in [6.07, 6.45) is -3.52. The van der Waals surface area contributed by atoms with E-state index in [1.807, 2.05) is 78.8 Å². The molecular weight excluding hydrogens is 597 g/mol. The van der Waals surface area contributed by atoms with Crippen LogP contribution in [-0.4, -0.2) is 89.7 Å². The van der Waals surface area contributed by atoms with E-state index in [0.29, 0.717) is 0 Å². The highest BCUT2D eigenvalue weighted by Crippen LogP contribution is 2.29. The van der Waals surface area contributed by atoms with Crippen LogP contribution in [0.15, 0.2) is 42.0 Å². The molecule has 0 fully saturated rings. The monoisotopic (exact) mass is 644 g/mol. The Labute approximate surface area is 262 Å². The van der Waals surface area contributed by atoms with E-state index in [0.717, 1.165) is 5.56 Å². The van der Waals surface area contributed by atoms with Gasteiger partial charge in [-0.3, -0.25) is 19.7 Å². The Kier molecular flexibility index (Phi) is 15.5. The van der Waals surface area contributed by atoms with Crippen molar-refractivity contribution in [2.45, 2.75) is 85.1 Å². The molecule has 0 unspecified atom stereocenters. The zero-order valence-electron chi connectivity index (χ0n) is 27.5. The van der Waals surface area contributed by atoms with Gasteiger partial charge in [0.25, 0.3) is 0 Å². The Bertz CT molecular complexity index is 1210.